The third-order valence-electron chi connectivity index (χ3n) is 4.46. The van der Waals surface area contributed by atoms with Crippen LogP contribution >= 0.6 is 15.9 Å². The zero-order valence-corrected chi connectivity index (χ0v) is 16.0. The second-order valence-electron chi connectivity index (χ2n) is 6.17. The molecular formula is C18H20BrN5O. The van der Waals surface area contributed by atoms with Crippen LogP contribution in [0.4, 0.5) is 5.82 Å². The molecule has 1 fully saturated rings. The van der Waals surface area contributed by atoms with E-state index in [2.05, 4.69) is 51.9 Å². The third-order valence-corrected chi connectivity index (χ3v) is 5.32. The Morgan fingerprint density at radius 3 is 2.64 bits per heavy atom. The fourth-order valence-corrected chi connectivity index (χ4v) is 3.37. The highest BCUT2D eigenvalue weighted by Crippen LogP contribution is 2.26. The molecule has 0 atom stereocenters. The summed E-state index contributed by atoms with van der Waals surface area (Å²) in [6.07, 6.45) is 2.67. The van der Waals surface area contributed by atoms with E-state index in [4.69, 9.17) is 14.7 Å². The van der Waals surface area contributed by atoms with E-state index in [1.54, 1.807) is 0 Å². The predicted molar refractivity (Wildman–Crippen MR) is 102 cm³/mol. The van der Waals surface area contributed by atoms with Gasteiger partial charge in [0, 0.05) is 35.4 Å². The standard InChI is InChI=1S/C18H20BrN5O/c1-3-16-21-17(23-4-6-25-7-5-23)10-18(22-16)24-15-9-14(19)12(2)8-13(15)11-20-24/h8-11H,3-7H2,1-2H3. The van der Waals surface area contributed by atoms with Gasteiger partial charge in [0.2, 0.25) is 0 Å². The SMILES string of the molecule is CCc1nc(N2CCOCC2)cc(-n2ncc3cc(C)c(Br)cc32)n1. The van der Waals surface area contributed by atoms with E-state index in [0.717, 1.165) is 65.6 Å². The molecule has 1 aromatic carbocycles. The van der Waals surface area contributed by atoms with Crippen molar-refractivity contribution in [3.63, 3.8) is 0 Å². The zero-order chi connectivity index (χ0) is 17.4. The maximum atomic E-state index is 5.45. The molecule has 3 heterocycles. The van der Waals surface area contributed by atoms with E-state index in [1.165, 1.54) is 5.56 Å². The highest BCUT2D eigenvalue weighted by molar-refractivity contribution is 9.10. The Morgan fingerprint density at radius 2 is 1.88 bits per heavy atom. The van der Waals surface area contributed by atoms with Crippen LogP contribution in [0.1, 0.15) is 18.3 Å². The molecule has 0 spiro atoms. The van der Waals surface area contributed by atoms with Crippen LogP contribution in [0.5, 0.6) is 0 Å². The van der Waals surface area contributed by atoms with Gasteiger partial charge in [-0.1, -0.05) is 22.9 Å². The number of aromatic nitrogens is 4. The number of anilines is 1. The minimum atomic E-state index is 0.734. The fourth-order valence-electron chi connectivity index (χ4n) is 3.04. The molecule has 4 rings (SSSR count). The van der Waals surface area contributed by atoms with Gasteiger partial charge in [-0.05, 0) is 24.6 Å². The van der Waals surface area contributed by atoms with Gasteiger partial charge in [-0.15, -0.1) is 0 Å². The predicted octanol–water partition coefficient (Wildman–Crippen LogP) is 3.29. The summed E-state index contributed by atoms with van der Waals surface area (Å²) in [4.78, 5) is 11.7. The summed E-state index contributed by atoms with van der Waals surface area (Å²) in [6, 6.07) is 6.25. The molecule has 3 aromatic rings. The number of morpholine rings is 1. The Kier molecular flexibility index (Phi) is 4.43. The number of nitrogens with zero attached hydrogens (tertiary/aromatic N) is 5. The number of aryl methyl sites for hydroxylation is 2. The van der Waals surface area contributed by atoms with Crippen LogP contribution in [-0.2, 0) is 11.2 Å². The Morgan fingerprint density at radius 1 is 1.12 bits per heavy atom. The van der Waals surface area contributed by atoms with Gasteiger partial charge in [0.15, 0.2) is 5.82 Å². The van der Waals surface area contributed by atoms with Crippen LogP contribution in [0.15, 0.2) is 28.9 Å². The molecule has 0 unspecified atom stereocenters. The topological polar surface area (TPSA) is 56.1 Å². The second kappa shape index (κ2) is 6.72. The van der Waals surface area contributed by atoms with E-state index >= 15 is 0 Å². The molecular weight excluding hydrogens is 382 g/mol. The number of rotatable bonds is 3. The smallest absolute Gasteiger partial charge is 0.159 e. The molecule has 0 amide bonds. The lowest BCUT2D eigenvalue weighted by molar-refractivity contribution is 0.122. The van der Waals surface area contributed by atoms with Crippen molar-refractivity contribution in [2.45, 2.75) is 20.3 Å². The van der Waals surface area contributed by atoms with Crippen molar-refractivity contribution in [1.29, 1.82) is 0 Å². The zero-order valence-electron chi connectivity index (χ0n) is 14.4. The van der Waals surface area contributed by atoms with Crippen molar-refractivity contribution in [3.8, 4) is 5.82 Å². The van der Waals surface area contributed by atoms with Crippen molar-refractivity contribution in [3.05, 3.63) is 40.3 Å². The number of benzene rings is 1. The van der Waals surface area contributed by atoms with Crippen LogP contribution in [0.25, 0.3) is 16.7 Å². The van der Waals surface area contributed by atoms with E-state index < -0.39 is 0 Å². The maximum absolute atomic E-state index is 5.45. The van der Waals surface area contributed by atoms with Crippen molar-refractivity contribution >= 4 is 32.7 Å². The molecule has 25 heavy (non-hydrogen) atoms. The number of ether oxygens (including phenoxy) is 1. The van der Waals surface area contributed by atoms with Gasteiger partial charge in [-0.2, -0.15) is 5.10 Å². The summed E-state index contributed by atoms with van der Waals surface area (Å²) in [5.41, 5.74) is 2.23. The first kappa shape index (κ1) is 16.5. The molecule has 0 saturated carbocycles. The van der Waals surface area contributed by atoms with Gasteiger partial charge in [-0.25, -0.2) is 14.6 Å². The molecule has 1 aliphatic rings. The summed E-state index contributed by atoms with van der Waals surface area (Å²) in [6.45, 7) is 7.32. The average molecular weight is 402 g/mol. The first-order valence-electron chi connectivity index (χ1n) is 8.50. The lowest BCUT2D eigenvalue weighted by Crippen LogP contribution is -2.37. The van der Waals surface area contributed by atoms with Gasteiger partial charge in [0.1, 0.15) is 11.6 Å². The Labute approximate surface area is 155 Å². The number of hydrogen-bond acceptors (Lipinski definition) is 5. The van der Waals surface area contributed by atoms with Crippen LogP contribution in [0.2, 0.25) is 0 Å². The van der Waals surface area contributed by atoms with Gasteiger partial charge >= 0.3 is 0 Å². The molecule has 7 heteroatoms. The van der Waals surface area contributed by atoms with Gasteiger partial charge in [-0.3, -0.25) is 0 Å². The van der Waals surface area contributed by atoms with Gasteiger partial charge in [0.25, 0.3) is 0 Å². The average Bonchev–Trinajstić information content (AvgIpc) is 3.05. The van der Waals surface area contributed by atoms with Crippen LogP contribution < -0.4 is 4.90 Å². The first-order valence-corrected chi connectivity index (χ1v) is 9.30. The third kappa shape index (κ3) is 3.14. The van der Waals surface area contributed by atoms with Crippen molar-refractivity contribution in [2.75, 3.05) is 31.2 Å². The summed E-state index contributed by atoms with van der Waals surface area (Å²) >= 11 is 3.62. The van der Waals surface area contributed by atoms with Gasteiger partial charge < -0.3 is 9.64 Å². The molecule has 0 radical (unpaired) electrons. The summed E-state index contributed by atoms with van der Waals surface area (Å²) < 4.78 is 8.42. The molecule has 2 aromatic heterocycles. The summed E-state index contributed by atoms with van der Waals surface area (Å²) in [7, 11) is 0. The van der Waals surface area contributed by atoms with Crippen LogP contribution in [0.3, 0.4) is 0 Å². The van der Waals surface area contributed by atoms with E-state index in [9.17, 15) is 0 Å². The molecule has 1 saturated heterocycles. The quantitative estimate of drug-likeness (QED) is 0.673. The lowest BCUT2D eigenvalue weighted by Gasteiger charge is -2.28. The molecule has 1 aliphatic heterocycles. The highest BCUT2D eigenvalue weighted by atomic mass is 79.9. The maximum Gasteiger partial charge on any atom is 0.159 e. The Balaban J connectivity index is 1.83. The molecule has 0 bridgehead atoms. The monoisotopic (exact) mass is 401 g/mol. The summed E-state index contributed by atoms with van der Waals surface area (Å²) in [5.74, 6) is 2.58. The Bertz CT molecular complexity index is 917. The minimum Gasteiger partial charge on any atom is -0.378 e. The molecule has 130 valence electrons. The van der Waals surface area contributed by atoms with Crippen molar-refractivity contribution in [1.82, 2.24) is 19.7 Å². The number of hydrogen-bond donors (Lipinski definition) is 0. The summed E-state index contributed by atoms with van der Waals surface area (Å²) in [5, 5.41) is 5.67. The normalized spacial score (nSPS) is 15.1. The number of halogens is 1. The minimum absolute atomic E-state index is 0.734. The van der Waals surface area contributed by atoms with Crippen LogP contribution in [0, 0.1) is 6.92 Å². The molecule has 0 aliphatic carbocycles. The first-order chi connectivity index (χ1) is 12.2. The van der Waals surface area contributed by atoms with E-state index in [-0.39, 0.29) is 0 Å². The second-order valence-corrected chi connectivity index (χ2v) is 7.02. The largest absolute Gasteiger partial charge is 0.378 e. The number of fused-ring (bicyclic) bond motifs is 1. The molecule has 6 nitrogen and oxygen atoms in total. The van der Waals surface area contributed by atoms with E-state index in [0.29, 0.717) is 0 Å². The fraction of sp³-hybridized carbons (Fsp3) is 0.389. The van der Waals surface area contributed by atoms with Gasteiger partial charge in [0.05, 0.1) is 24.9 Å². The lowest BCUT2D eigenvalue weighted by atomic mass is 10.2. The van der Waals surface area contributed by atoms with Crippen LogP contribution in [-0.4, -0.2) is 46.1 Å². The Hall–Kier alpha value is -1.99. The molecule has 0 N–H and O–H groups in total. The van der Waals surface area contributed by atoms with Crippen molar-refractivity contribution in [2.24, 2.45) is 0 Å². The highest BCUT2D eigenvalue weighted by Gasteiger charge is 2.16. The van der Waals surface area contributed by atoms with E-state index in [1.807, 2.05) is 16.9 Å². The van der Waals surface area contributed by atoms with Crippen molar-refractivity contribution < 1.29 is 4.74 Å².